The van der Waals surface area contributed by atoms with E-state index in [1.807, 2.05) is 18.2 Å². The van der Waals surface area contributed by atoms with Crippen molar-refractivity contribution in [1.82, 2.24) is 0 Å². The van der Waals surface area contributed by atoms with Crippen LogP contribution in [0.1, 0.15) is 32.1 Å². The molecule has 3 rings (SSSR count). The minimum Gasteiger partial charge on any atom is -0.399 e. The van der Waals surface area contributed by atoms with Crippen LogP contribution >= 0.6 is 0 Å². The Morgan fingerprint density at radius 3 is 2.67 bits per heavy atom. The first-order chi connectivity index (χ1) is 8.70. The lowest BCUT2D eigenvalue weighted by Gasteiger charge is -2.34. The van der Waals surface area contributed by atoms with Crippen molar-refractivity contribution in [2.75, 3.05) is 22.9 Å². The highest BCUT2D eigenvalue weighted by atomic mass is 16.2. The van der Waals surface area contributed by atoms with Crippen molar-refractivity contribution < 1.29 is 4.79 Å². The molecule has 1 aliphatic carbocycles. The lowest BCUT2D eigenvalue weighted by molar-refractivity contribution is -0.126. The summed E-state index contributed by atoms with van der Waals surface area (Å²) >= 11 is 0. The molecule has 0 atom stereocenters. The van der Waals surface area contributed by atoms with Crippen LogP contribution in [0.4, 0.5) is 17.1 Å². The van der Waals surface area contributed by atoms with Crippen LogP contribution in [0.15, 0.2) is 18.2 Å². The number of hydrogen-bond acceptors (Lipinski definition) is 3. The minimum atomic E-state index is -0.230. The fourth-order valence-corrected chi connectivity index (χ4v) is 3.05. The molecule has 0 aromatic heterocycles. The Hall–Kier alpha value is -1.71. The zero-order chi connectivity index (χ0) is 12.6. The number of rotatable bonds is 0. The van der Waals surface area contributed by atoms with Gasteiger partial charge in [0.15, 0.2) is 0 Å². The molecule has 4 N–H and O–H groups in total. The van der Waals surface area contributed by atoms with Gasteiger partial charge in [-0.2, -0.15) is 0 Å². The Morgan fingerprint density at radius 1 is 1.11 bits per heavy atom. The number of fused-ring (bicyclic) bond motifs is 1. The molecule has 18 heavy (non-hydrogen) atoms. The second kappa shape index (κ2) is 4.19. The molecular formula is C14H19N3O. The summed E-state index contributed by atoms with van der Waals surface area (Å²) in [6.45, 7) is 0.718. The predicted molar refractivity (Wildman–Crippen MR) is 73.5 cm³/mol. The van der Waals surface area contributed by atoms with Gasteiger partial charge < -0.3 is 16.4 Å². The number of carbonyl (C=O) groups is 1. The van der Waals surface area contributed by atoms with Crippen molar-refractivity contribution in [2.24, 2.45) is 5.41 Å². The van der Waals surface area contributed by atoms with Crippen LogP contribution in [-0.2, 0) is 4.79 Å². The summed E-state index contributed by atoms with van der Waals surface area (Å²) in [6, 6.07) is 5.58. The van der Waals surface area contributed by atoms with Gasteiger partial charge in [-0.05, 0) is 31.0 Å². The molecular weight excluding hydrogens is 226 g/mol. The van der Waals surface area contributed by atoms with Gasteiger partial charge in [-0.25, -0.2) is 0 Å². The average Bonchev–Trinajstić information content (AvgIpc) is 2.51. The maximum Gasteiger partial charge on any atom is 0.232 e. The highest BCUT2D eigenvalue weighted by Crippen LogP contribution is 2.40. The van der Waals surface area contributed by atoms with Gasteiger partial charge in [0.05, 0.1) is 16.8 Å². The quantitative estimate of drug-likeness (QED) is 0.615. The molecule has 1 amide bonds. The molecule has 0 radical (unpaired) electrons. The number of nitrogen functional groups attached to an aromatic ring is 1. The van der Waals surface area contributed by atoms with Crippen molar-refractivity contribution in [3.63, 3.8) is 0 Å². The first-order valence-electron chi connectivity index (χ1n) is 6.65. The van der Waals surface area contributed by atoms with Crippen molar-refractivity contribution >= 4 is 23.0 Å². The Bertz CT molecular complexity index is 478. The SMILES string of the molecule is Nc1ccc2c(c1)NCC1(CCCCC1)C(=O)N2. The van der Waals surface area contributed by atoms with Crippen LogP contribution in [0, 0.1) is 5.41 Å². The average molecular weight is 245 g/mol. The van der Waals surface area contributed by atoms with Crippen LogP contribution in [0.3, 0.4) is 0 Å². The number of amides is 1. The largest absolute Gasteiger partial charge is 0.399 e. The molecule has 1 spiro atoms. The summed E-state index contributed by atoms with van der Waals surface area (Å²) in [5.74, 6) is 0.165. The Balaban J connectivity index is 1.92. The van der Waals surface area contributed by atoms with Crippen LogP contribution < -0.4 is 16.4 Å². The number of anilines is 3. The van der Waals surface area contributed by atoms with Gasteiger partial charge in [0.25, 0.3) is 0 Å². The van der Waals surface area contributed by atoms with E-state index < -0.39 is 0 Å². The molecule has 2 aliphatic rings. The minimum absolute atomic E-state index is 0.165. The van der Waals surface area contributed by atoms with Gasteiger partial charge in [0, 0.05) is 12.2 Å². The van der Waals surface area contributed by atoms with E-state index in [1.54, 1.807) is 0 Å². The molecule has 0 unspecified atom stereocenters. The van der Waals surface area contributed by atoms with Crippen LogP contribution in [0.2, 0.25) is 0 Å². The van der Waals surface area contributed by atoms with Gasteiger partial charge in [0.2, 0.25) is 5.91 Å². The summed E-state index contributed by atoms with van der Waals surface area (Å²) in [6.07, 6.45) is 5.50. The van der Waals surface area contributed by atoms with Gasteiger partial charge in [-0.15, -0.1) is 0 Å². The second-order valence-corrected chi connectivity index (χ2v) is 5.45. The summed E-state index contributed by atoms with van der Waals surface area (Å²) in [7, 11) is 0. The Labute approximate surface area is 107 Å². The summed E-state index contributed by atoms with van der Waals surface area (Å²) in [5, 5.41) is 6.45. The summed E-state index contributed by atoms with van der Waals surface area (Å²) in [4.78, 5) is 12.5. The topological polar surface area (TPSA) is 67.1 Å². The van der Waals surface area contributed by atoms with Gasteiger partial charge >= 0.3 is 0 Å². The van der Waals surface area contributed by atoms with Crippen LogP contribution in [-0.4, -0.2) is 12.5 Å². The maximum absolute atomic E-state index is 12.5. The van der Waals surface area contributed by atoms with Crippen molar-refractivity contribution in [1.29, 1.82) is 0 Å². The van der Waals surface area contributed by atoms with Gasteiger partial charge in [-0.3, -0.25) is 4.79 Å². The number of benzene rings is 1. The Kier molecular flexibility index (Phi) is 2.65. The second-order valence-electron chi connectivity index (χ2n) is 5.45. The standard InChI is InChI=1S/C14H19N3O/c15-10-4-5-11-12(8-10)16-9-14(13(18)17-11)6-2-1-3-7-14/h4-5,8,16H,1-3,6-7,9,15H2,(H,17,18). The molecule has 1 aromatic rings. The van der Waals surface area contributed by atoms with Crippen LogP contribution in [0.25, 0.3) is 0 Å². The third-order valence-corrected chi connectivity index (χ3v) is 4.20. The van der Waals surface area contributed by atoms with Crippen LogP contribution in [0.5, 0.6) is 0 Å². The first-order valence-corrected chi connectivity index (χ1v) is 6.65. The molecule has 96 valence electrons. The van der Waals surface area contributed by atoms with E-state index in [0.29, 0.717) is 0 Å². The Morgan fingerprint density at radius 2 is 1.89 bits per heavy atom. The fourth-order valence-electron chi connectivity index (χ4n) is 3.05. The smallest absolute Gasteiger partial charge is 0.232 e. The highest BCUT2D eigenvalue weighted by molar-refractivity contribution is 6.00. The molecule has 1 aliphatic heterocycles. The summed E-state index contributed by atoms with van der Waals surface area (Å²) in [5.41, 5.74) is 8.05. The molecule has 4 nitrogen and oxygen atoms in total. The molecule has 1 heterocycles. The fraction of sp³-hybridized carbons (Fsp3) is 0.500. The third-order valence-electron chi connectivity index (χ3n) is 4.20. The number of nitrogens with one attached hydrogen (secondary N) is 2. The molecule has 4 heteroatoms. The van der Waals surface area contributed by atoms with E-state index >= 15 is 0 Å². The van der Waals surface area contributed by atoms with E-state index in [1.165, 1.54) is 6.42 Å². The predicted octanol–water partition coefficient (Wildman–Crippen LogP) is 2.58. The van der Waals surface area contributed by atoms with Crippen molar-refractivity contribution in [2.45, 2.75) is 32.1 Å². The lowest BCUT2D eigenvalue weighted by Crippen LogP contribution is -2.41. The molecule has 1 saturated carbocycles. The van der Waals surface area contributed by atoms with E-state index in [0.717, 1.165) is 49.3 Å². The molecule has 1 aromatic carbocycles. The third kappa shape index (κ3) is 1.82. The normalized spacial score (nSPS) is 21.7. The molecule has 0 saturated heterocycles. The molecule has 0 bridgehead atoms. The van der Waals surface area contributed by atoms with Crippen molar-refractivity contribution in [3.05, 3.63) is 18.2 Å². The van der Waals surface area contributed by atoms with Crippen molar-refractivity contribution in [3.8, 4) is 0 Å². The number of nitrogens with two attached hydrogens (primary N) is 1. The van der Waals surface area contributed by atoms with Gasteiger partial charge in [0.1, 0.15) is 0 Å². The lowest BCUT2D eigenvalue weighted by atomic mass is 9.73. The summed E-state index contributed by atoms with van der Waals surface area (Å²) < 4.78 is 0. The number of carbonyl (C=O) groups excluding carboxylic acids is 1. The van der Waals surface area contributed by atoms with Gasteiger partial charge in [-0.1, -0.05) is 19.3 Å². The zero-order valence-corrected chi connectivity index (χ0v) is 10.5. The maximum atomic E-state index is 12.5. The number of hydrogen-bond donors (Lipinski definition) is 3. The zero-order valence-electron chi connectivity index (χ0n) is 10.5. The van der Waals surface area contributed by atoms with E-state index in [9.17, 15) is 4.79 Å². The highest BCUT2D eigenvalue weighted by Gasteiger charge is 2.41. The van der Waals surface area contributed by atoms with E-state index in [2.05, 4.69) is 10.6 Å². The first kappa shape index (κ1) is 11.4. The molecule has 1 fully saturated rings. The van der Waals surface area contributed by atoms with E-state index in [4.69, 9.17) is 5.73 Å². The monoisotopic (exact) mass is 245 g/mol. The van der Waals surface area contributed by atoms with E-state index in [-0.39, 0.29) is 11.3 Å².